The van der Waals surface area contributed by atoms with E-state index in [9.17, 15) is 29.1 Å². The van der Waals surface area contributed by atoms with Crippen LogP contribution in [0.3, 0.4) is 0 Å². The number of hydrogen-bond acceptors (Lipinski definition) is 14. The molecule has 0 unspecified atom stereocenters. The predicted molar refractivity (Wildman–Crippen MR) is 216 cm³/mol. The fourth-order valence-electron chi connectivity index (χ4n) is 8.72. The number of amides is 2. The minimum absolute atomic E-state index is 0.0746. The summed E-state index contributed by atoms with van der Waals surface area (Å²) in [5, 5.41) is 17.6. The van der Waals surface area contributed by atoms with Crippen molar-refractivity contribution in [3.63, 3.8) is 0 Å². The molecule has 16 nitrogen and oxygen atoms in total. The number of cyclic esters (lactones) is 1. The van der Waals surface area contributed by atoms with Gasteiger partial charge in [0.1, 0.15) is 23.6 Å². The molecule has 3 saturated heterocycles. The van der Waals surface area contributed by atoms with Gasteiger partial charge in [-0.25, -0.2) is 9.59 Å². The third-order valence-electron chi connectivity index (χ3n) is 11.9. The number of allylic oxidation sites excluding steroid dienone is 2. The van der Waals surface area contributed by atoms with E-state index in [4.69, 9.17) is 28.4 Å². The molecule has 4 heterocycles. The van der Waals surface area contributed by atoms with Gasteiger partial charge in [0, 0.05) is 43.6 Å². The number of Topliss-reactive ketones (excluding diaryl/α,β-unsaturated/α-hetero) is 1. The van der Waals surface area contributed by atoms with E-state index in [1.54, 1.807) is 72.2 Å². The number of likely N-dealkylation sites (N-methyl/N-ethyl adjacent to an activating group) is 1. The lowest BCUT2D eigenvalue weighted by molar-refractivity contribution is -0.300. The van der Waals surface area contributed by atoms with E-state index >= 15 is 0 Å². The number of fused-ring (bicyclic) bond motifs is 1. The molecule has 16 heteroatoms. The summed E-state index contributed by atoms with van der Waals surface area (Å²) in [5.41, 5.74) is -2.23. The average Bonchev–Trinajstić information content (AvgIpc) is 3.49. The van der Waals surface area contributed by atoms with Gasteiger partial charge in [-0.1, -0.05) is 58.1 Å². The normalized spacial score (nSPS) is 37.3. The van der Waals surface area contributed by atoms with Crippen molar-refractivity contribution in [3.05, 3.63) is 48.3 Å². The number of rotatable bonds is 10. The second-order valence-electron chi connectivity index (χ2n) is 16.8. The first-order valence-electron chi connectivity index (χ1n) is 20.5. The van der Waals surface area contributed by atoms with Crippen molar-refractivity contribution in [2.24, 2.45) is 23.7 Å². The fraction of sp³-hybridized carbons (Fsp3) is 0.674. The largest absolute Gasteiger partial charge is 0.458 e. The van der Waals surface area contributed by atoms with Gasteiger partial charge in [-0.15, -0.1) is 0 Å². The van der Waals surface area contributed by atoms with E-state index in [1.165, 1.54) is 13.8 Å². The van der Waals surface area contributed by atoms with Gasteiger partial charge in [-0.2, -0.15) is 0 Å². The average molecular weight is 829 g/mol. The highest BCUT2D eigenvalue weighted by Crippen LogP contribution is 2.41. The molecule has 0 saturated carbocycles. The number of ether oxygens (including phenoxy) is 6. The highest BCUT2D eigenvalue weighted by atomic mass is 16.7. The molecule has 3 N–H and O–H groups in total. The number of carbonyl (C=O) groups is 5. The van der Waals surface area contributed by atoms with Crippen LogP contribution in [0.4, 0.5) is 9.59 Å². The number of carbonyl (C=O) groups excluding carboxylic acids is 5. The Balaban J connectivity index is 1.78. The van der Waals surface area contributed by atoms with E-state index in [0.29, 0.717) is 6.42 Å². The van der Waals surface area contributed by atoms with Crippen LogP contribution in [0.5, 0.6) is 0 Å². The number of aliphatic hydroxyl groups is 1. The number of nitrogens with one attached hydrogen (secondary N) is 2. The molecular weight excluding hydrogens is 764 g/mol. The van der Waals surface area contributed by atoms with Crippen LogP contribution in [-0.2, 0) is 42.8 Å². The van der Waals surface area contributed by atoms with Crippen LogP contribution in [0.25, 0.3) is 6.08 Å². The molecule has 2 amide bonds. The van der Waals surface area contributed by atoms with Gasteiger partial charge in [-0.05, 0) is 72.7 Å². The number of aromatic nitrogens is 1. The summed E-state index contributed by atoms with van der Waals surface area (Å²) in [6, 6.07) is 2.48. The van der Waals surface area contributed by atoms with Crippen LogP contribution in [0.2, 0.25) is 0 Å². The summed E-state index contributed by atoms with van der Waals surface area (Å²) in [5.74, 6) is -5.48. The molecule has 0 spiro atoms. The number of esters is 2. The molecule has 0 radical (unpaired) electrons. The Kier molecular flexibility index (Phi) is 16.2. The molecule has 14 atom stereocenters. The maximum atomic E-state index is 14.5. The van der Waals surface area contributed by atoms with Crippen LogP contribution in [0, 0.1) is 23.7 Å². The number of pyridine rings is 1. The number of hydrogen-bond donors (Lipinski definition) is 3. The first-order valence-corrected chi connectivity index (χ1v) is 20.5. The highest BCUT2D eigenvalue weighted by molar-refractivity contribution is 5.85. The summed E-state index contributed by atoms with van der Waals surface area (Å²) in [7, 11) is 3.69. The molecule has 4 rings (SSSR count). The Labute approximate surface area is 347 Å². The molecule has 3 aliphatic heterocycles. The second kappa shape index (κ2) is 20.3. The topological polar surface area (TPSA) is 201 Å². The van der Waals surface area contributed by atoms with E-state index in [1.807, 2.05) is 44.1 Å². The van der Waals surface area contributed by atoms with Gasteiger partial charge < -0.3 is 49.1 Å². The third kappa shape index (κ3) is 11.5. The Hall–Kier alpha value is -4.38. The maximum Gasteiger partial charge on any atom is 0.408 e. The number of nitrogens with zero attached hydrogens (tertiary/aromatic N) is 2. The lowest BCUT2D eigenvalue weighted by Crippen LogP contribution is -2.61. The first kappa shape index (κ1) is 47.3. The second-order valence-corrected chi connectivity index (χ2v) is 16.8. The van der Waals surface area contributed by atoms with Crippen LogP contribution >= 0.6 is 0 Å². The van der Waals surface area contributed by atoms with Crippen LogP contribution < -0.4 is 10.6 Å². The van der Waals surface area contributed by atoms with Crippen molar-refractivity contribution in [1.82, 2.24) is 20.5 Å². The molecule has 1 aromatic heterocycles. The summed E-state index contributed by atoms with van der Waals surface area (Å²) >= 11 is 0. The first-order chi connectivity index (χ1) is 27.7. The third-order valence-corrected chi connectivity index (χ3v) is 11.9. The summed E-state index contributed by atoms with van der Waals surface area (Å²) in [6.45, 7) is 14.7. The van der Waals surface area contributed by atoms with Crippen LogP contribution in [-0.4, -0.2) is 126 Å². The van der Waals surface area contributed by atoms with Crippen molar-refractivity contribution in [1.29, 1.82) is 0 Å². The van der Waals surface area contributed by atoms with Gasteiger partial charge >= 0.3 is 24.1 Å². The minimum Gasteiger partial charge on any atom is -0.458 e. The molecular formula is C43H64N4O12. The molecule has 328 valence electrons. The van der Waals surface area contributed by atoms with E-state index in [2.05, 4.69) is 15.6 Å². The zero-order chi connectivity index (χ0) is 43.8. The zero-order valence-corrected chi connectivity index (χ0v) is 36.2. The standard InChI is InChI=1S/C43H64N4O12/c1-12-32-43(9)36(46-41(53)59-43)26(4)33(49)24(2)22-42(8,58-40(52)45-20-15-13-14-17-30-18-16-19-44-23-30)37(27(5)34(50)28(6)38(51)56-32)57-39-35(55-29(7)48)31(47(10)11)21-25(3)54-39/h13-19,23-28,31-32,34-37,39,50H,12,20-22H2,1-11H3,(H,45,52)(H,46,53)/b15-13+,17-14+/t24-,25-,26+,27+,28-,31+,32-,34+,35-,36-,37-,39+,42-,43-/m1/s1. The molecule has 1 aromatic rings. The Morgan fingerprint density at radius 3 is 2.44 bits per heavy atom. The highest BCUT2D eigenvalue weighted by Gasteiger charge is 2.58. The molecule has 0 aromatic carbocycles. The molecule has 59 heavy (non-hydrogen) atoms. The summed E-state index contributed by atoms with van der Waals surface area (Å²) < 4.78 is 37.0. The van der Waals surface area contributed by atoms with Crippen molar-refractivity contribution >= 4 is 36.0 Å². The van der Waals surface area contributed by atoms with Crippen molar-refractivity contribution < 1.29 is 57.5 Å². The molecule has 0 aliphatic carbocycles. The lowest BCUT2D eigenvalue weighted by Gasteiger charge is -2.48. The Bertz CT molecular complexity index is 1690. The van der Waals surface area contributed by atoms with Crippen molar-refractivity contribution in [2.45, 2.75) is 142 Å². The lowest BCUT2D eigenvalue weighted by atomic mass is 9.73. The summed E-state index contributed by atoms with van der Waals surface area (Å²) in [6.07, 6.45) is 3.28. The Morgan fingerprint density at radius 1 is 1.10 bits per heavy atom. The van der Waals surface area contributed by atoms with Crippen molar-refractivity contribution in [3.8, 4) is 0 Å². The van der Waals surface area contributed by atoms with Gasteiger partial charge in [-0.3, -0.25) is 19.4 Å². The SMILES string of the molecule is CC[C@H]1OC(=O)[C@H](C)[C@@H](O)[C@H](C)[C@@H](O[C@@H]2O[C@H](C)C[C@H](N(C)C)[C@H]2OC(C)=O)[C@](C)(OC(=O)NC/C=C/C=C/c2cccnc2)C[C@@H](C)C(=O)[C@H](C)[C@H]2NC(=O)O[C@@]21C. The van der Waals surface area contributed by atoms with E-state index in [0.717, 1.165) is 5.56 Å². The van der Waals surface area contributed by atoms with Crippen molar-refractivity contribution in [2.75, 3.05) is 20.6 Å². The van der Waals surface area contributed by atoms with Crippen LogP contribution in [0.15, 0.2) is 42.8 Å². The van der Waals surface area contributed by atoms with Gasteiger partial charge in [0.15, 0.2) is 18.0 Å². The maximum absolute atomic E-state index is 14.5. The minimum atomic E-state index is -1.71. The monoisotopic (exact) mass is 828 g/mol. The van der Waals surface area contributed by atoms with Gasteiger partial charge in [0.05, 0.1) is 30.2 Å². The number of ketones is 1. The summed E-state index contributed by atoms with van der Waals surface area (Å²) in [4.78, 5) is 73.5. The van der Waals surface area contributed by atoms with E-state index < -0.39 is 95.7 Å². The number of alkyl carbamates (subject to hydrolysis) is 2. The smallest absolute Gasteiger partial charge is 0.408 e. The van der Waals surface area contributed by atoms with Crippen LogP contribution in [0.1, 0.15) is 87.1 Å². The van der Waals surface area contributed by atoms with Gasteiger partial charge in [0.25, 0.3) is 0 Å². The predicted octanol–water partition coefficient (Wildman–Crippen LogP) is 4.58. The van der Waals surface area contributed by atoms with E-state index in [-0.39, 0.29) is 37.3 Å². The van der Waals surface area contributed by atoms with Gasteiger partial charge in [0.2, 0.25) is 0 Å². The number of aliphatic hydroxyl groups excluding tert-OH is 1. The molecule has 3 aliphatic rings. The zero-order valence-electron chi connectivity index (χ0n) is 36.2. The Morgan fingerprint density at radius 2 is 1.81 bits per heavy atom. The molecule has 3 fully saturated rings. The fourth-order valence-corrected chi connectivity index (χ4v) is 8.72. The quantitative estimate of drug-likeness (QED) is 0.168. The molecule has 0 bridgehead atoms.